The van der Waals surface area contributed by atoms with E-state index in [0.29, 0.717) is 22.2 Å². The van der Waals surface area contributed by atoms with Gasteiger partial charge in [-0.25, -0.2) is 9.18 Å². The molecule has 5 nitrogen and oxygen atoms in total. The van der Waals surface area contributed by atoms with E-state index >= 15 is 0 Å². The number of halogens is 1. The molecule has 7 heteroatoms. The Balaban J connectivity index is 1.66. The SMILES string of the molecule is CCOC(=O)c1c(C2CC2)csc1NC(=O)COc1ccc(F)cc1. The average Bonchev–Trinajstić information content (AvgIpc) is 3.35. The molecule has 1 fully saturated rings. The minimum atomic E-state index is -0.416. The summed E-state index contributed by atoms with van der Waals surface area (Å²) in [5.74, 6) is -0.412. The van der Waals surface area contributed by atoms with Crippen LogP contribution in [-0.2, 0) is 9.53 Å². The van der Waals surface area contributed by atoms with Crippen molar-refractivity contribution in [3.05, 3.63) is 46.6 Å². The molecule has 1 N–H and O–H groups in total. The van der Waals surface area contributed by atoms with E-state index in [9.17, 15) is 14.0 Å². The van der Waals surface area contributed by atoms with Gasteiger partial charge in [-0.3, -0.25) is 4.79 Å². The van der Waals surface area contributed by atoms with Crippen molar-refractivity contribution in [1.82, 2.24) is 0 Å². The first-order valence-electron chi connectivity index (χ1n) is 8.05. The van der Waals surface area contributed by atoms with Crippen LogP contribution in [0.25, 0.3) is 0 Å². The molecule has 0 bridgehead atoms. The summed E-state index contributed by atoms with van der Waals surface area (Å²) in [7, 11) is 0. The molecule has 0 unspecified atom stereocenters. The minimum Gasteiger partial charge on any atom is -0.484 e. The molecule has 3 rings (SSSR count). The van der Waals surface area contributed by atoms with E-state index in [1.54, 1.807) is 6.92 Å². The summed E-state index contributed by atoms with van der Waals surface area (Å²) < 4.78 is 23.3. The molecule has 0 radical (unpaired) electrons. The molecule has 1 aromatic heterocycles. The van der Waals surface area contributed by atoms with Crippen molar-refractivity contribution < 1.29 is 23.5 Å². The van der Waals surface area contributed by atoms with Crippen LogP contribution in [0.5, 0.6) is 5.75 Å². The largest absolute Gasteiger partial charge is 0.484 e. The van der Waals surface area contributed by atoms with E-state index < -0.39 is 5.97 Å². The van der Waals surface area contributed by atoms with Crippen LogP contribution in [-0.4, -0.2) is 25.1 Å². The minimum absolute atomic E-state index is 0.232. The highest BCUT2D eigenvalue weighted by molar-refractivity contribution is 7.15. The topological polar surface area (TPSA) is 64.6 Å². The van der Waals surface area contributed by atoms with E-state index in [1.807, 2.05) is 5.38 Å². The van der Waals surface area contributed by atoms with Gasteiger partial charge in [-0.05, 0) is 60.9 Å². The maximum Gasteiger partial charge on any atom is 0.341 e. The van der Waals surface area contributed by atoms with Crippen molar-refractivity contribution in [2.45, 2.75) is 25.7 Å². The predicted octanol–water partition coefficient (Wildman–Crippen LogP) is 3.96. The molecular weight excluding hydrogens is 345 g/mol. The lowest BCUT2D eigenvalue weighted by Crippen LogP contribution is -2.21. The van der Waals surface area contributed by atoms with E-state index in [0.717, 1.165) is 18.4 Å². The third kappa shape index (κ3) is 4.36. The first-order chi connectivity index (χ1) is 12.1. The number of rotatable bonds is 7. The third-order valence-electron chi connectivity index (χ3n) is 3.75. The fraction of sp³-hybridized carbons (Fsp3) is 0.333. The zero-order chi connectivity index (χ0) is 17.8. The number of anilines is 1. The van der Waals surface area contributed by atoms with Gasteiger partial charge in [-0.2, -0.15) is 0 Å². The van der Waals surface area contributed by atoms with Crippen molar-refractivity contribution in [2.75, 3.05) is 18.5 Å². The molecule has 1 aliphatic rings. The molecule has 25 heavy (non-hydrogen) atoms. The Morgan fingerprint density at radius 1 is 1.28 bits per heavy atom. The molecular formula is C18H18FNO4S. The summed E-state index contributed by atoms with van der Waals surface area (Å²) in [6.45, 7) is 1.79. The Morgan fingerprint density at radius 3 is 2.64 bits per heavy atom. The Kier molecular flexibility index (Phi) is 5.33. The molecule has 1 saturated carbocycles. The quantitative estimate of drug-likeness (QED) is 0.757. The third-order valence-corrected chi connectivity index (χ3v) is 4.67. The number of benzene rings is 1. The summed E-state index contributed by atoms with van der Waals surface area (Å²) in [5, 5.41) is 5.10. The second-order valence-electron chi connectivity index (χ2n) is 5.68. The van der Waals surface area contributed by atoms with Crippen molar-refractivity contribution in [3.8, 4) is 5.75 Å². The Hall–Kier alpha value is -2.41. The van der Waals surface area contributed by atoms with Gasteiger partial charge in [0, 0.05) is 0 Å². The average molecular weight is 363 g/mol. The normalized spacial score (nSPS) is 13.4. The van der Waals surface area contributed by atoms with Crippen LogP contribution < -0.4 is 10.1 Å². The number of thiophene rings is 1. The van der Waals surface area contributed by atoms with Gasteiger partial charge < -0.3 is 14.8 Å². The Bertz CT molecular complexity index is 768. The fourth-order valence-corrected chi connectivity index (χ4v) is 3.46. The first kappa shape index (κ1) is 17.4. The van der Waals surface area contributed by atoms with Crippen LogP contribution in [0.3, 0.4) is 0 Å². The van der Waals surface area contributed by atoms with Gasteiger partial charge in [0.25, 0.3) is 5.91 Å². The highest BCUT2D eigenvalue weighted by Crippen LogP contribution is 2.46. The summed E-state index contributed by atoms with van der Waals surface area (Å²) >= 11 is 1.31. The molecule has 2 aromatic rings. The number of nitrogens with one attached hydrogen (secondary N) is 1. The van der Waals surface area contributed by atoms with Crippen LogP contribution in [0.2, 0.25) is 0 Å². The van der Waals surface area contributed by atoms with Gasteiger partial charge in [0.1, 0.15) is 16.6 Å². The van der Waals surface area contributed by atoms with Crippen molar-refractivity contribution in [2.24, 2.45) is 0 Å². The first-order valence-corrected chi connectivity index (χ1v) is 8.93. The van der Waals surface area contributed by atoms with Gasteiger partial charge in [0.2, 0.25) is 0 Å². The van der Waals surface area contributed by atoms with Crippen LogP contribution in [0.4, 0.5) is 9.39 Å². The lowest BCUT2D eigenvalue weighted by Gasteiger charge is -2.09. The van der Waals surface area contributed by atoms with Crippen molar-refractivity contribution in [3.63, 3.8) is 0 Å². The molecule has 0 spiro atoms. The Morgan fingerprint density at radius 2 is 2.00 bits per heavy atom. The van der Waals surface area contributed by atoms with E-state index in [4.69, 9.17) is 9.47 Å². The Labute approximate surface area is 148 Å². The highest BCUT2D eigenvalue weighted by atomic mass is 32.1. The molecule has 0 aliphatic heterocycles. The second kappa shape index (κ2) is 7.65. The molecule has 0 atom stereocenters. The molecule has 1 aliphatic carbocycles. The number of hydrogen-bond acceptors (Lipinski definition) is 5. The van der Waals surface area contributed by atoms with Gasteiger partial charge in [-0.1, -0.05) is 0 Å². The van der Waals surface area contributed by atoms with Gasteiger partial charge in [0.15, 0.2) is 6.61 Å². The molecule has 132 valence electrons. The van der Waals surface area contributed by atoms with Gasteiger partial charge >= 0.3 is 5.97 Å². The zero-order valence-corrected chi connectivity index (χ0v) is 14.5. The van der Waals surface area contributed by atoms with Crippen LogP contribution in [0, 0.1) is 5.82 Å². The maximum absolute atomic E-state index is 12.9. The van der Waals surface area contributed by atoms with E-state index in [2.05, 4.69) is 5.32 Å². The second-order valence-corrected chi connectivity index (χ2v) is 6.56. The molecule has 0 saturated heterocycles. The smallest absolute Gasteiger partial charge is 0.341 e. The standard InChI is InChI=1S/C18H18FNO4S/c1-2-23-18(22)16-14(11-3-4-11)10-25-17(16)20-15(21)9-24-13-7-5-12(19)6-8-13/h5-8,10-11H,2-4,9H2,1H3,(H,20,21). The maximum atomic E-state index is 12.9. The van der Waals surface area contributed by atoms with Crippen LogP contribution >= 0.6 is 11.3 Å². The zero-order valence-electron chi connectivity index (χ0n) is 13.7. The summed E-state index contributed by atoms with van der Waals surface area (Å²) in [4.78, 5) is 24.4. The number of amides is 1. The number of esters is 1. The molecule has 1 amide bonds. The van der Waals surface area contributed by atoms with Gasteiger partial charge in [0.05, 0.1) is 12.2 Å². The number of ether oxygens (including phenoxy) is 2. The summed E-state index contributed by atoms with van der Waals surface area (Å²) in [6.07, 6.45) is 2.09. The number of hydrogen-bond donors (Lipinski definition) is 1. The molecule has 1 aromatic carbocycles. The number of carbonyl (C=O) groups excluding carboxylic acids is 2. The summed E-state index contributed by atoms with van der Waals surface area (Å²) in [5.41, 5.74) is 1.39. The van der Waals surface area contributed by atoms with Crippen LogP contribution in [0.15, 0.2) is 29.6 Å². The predicted molar refractivity (Wildman–Crippen MR) is 92.8 cm³/mol. The highest BCUT2D eigenvalue weighted by Gasteiger charge is 2.32. The monoisotopic (exact) mass is 363 g/mol. The van der Waals surface area contributed by atoms with Crippen molar-refractivity contribution in [1.29, 1.82) is 0 Å². The fourth-order valence-electron chi connectivity index (χ4n) is 2.41. The van der Waals surface area contributed by atoms with Gasteiger partial charge in [-0.15, -0.1) is 11.3 Å². The lowest BCUT2D eigenvalue weighted by molar-refractivity contribution is -0.118. The molecule has 1 heterocycles. The van der Waals surface area contributed by atoms with E-state index in [-0.39, 0.29) is 24.9 Å². The van der Waals surface area contributed by atoms with Crippen LogP contribution in [0.1, 0.15) is 41.6 Å². The summed E-state index contributed by atoms with van der Waals surface area (Å²) in [6, 6.07) is 5.41. The van der Waals surface area contributed by atoms with E-state index in [1.165, 1.54) is 35.6 Å². The number of carbonyl (C=O) groups is 2. The lowest BCUT2D eigenvalue weighted by atomic mass is 10.1. The van der Waals surface area contributed by atoms with Crippen molar-refractivity contribution >= 4 is 28.2 Å².